The molecule has 4 nitrogen and oxygen atoms in total. The average Bonchev–Trinajstić information content (AvgIpc) is 2.27. The van der Waals surface area contributed by atoms with Crippen LogP contribution in [-0.4, -0.2) is 35.5 Å². The van der Waals surface area contributed by atoms with Crippen molar-refractivity contribution >= 4 is 11.9 Å². The van der Waals surface area contributed by atoms with Crippen LogP contribution in [0.2, 0.25) is 0 Å². The molecule has 1 atom stereocenters. The first kappa shape index (κ1) is 15.9. The fourth-order valence-corrected chi connectivity index (χ4v) is 1.98. The molecule has 0 rings (SSSR count). The third-order valence-corrected chi connectivity index (χ3v) is 2.97. The number of aliphatic carboxylic acids is 1. The zero-order valence-corrected chi connectivity index (χ0v) is 11.4. The minimum atomic E-state index is -0.854. The minimum absolute atomic E-state index is 0.0518. The van der Waals surface area contributed by atoms with Crippen LogP contribution in [0.15, 0.2) is 0 Å². The fourth-order valence-electron chi connectivity index (χ4n) is 1.98. The predicted octanol–water partition coefficient (Wildman–Crippen LogP) is 2.38. The van der Waals surface area contributed by atoms with Gasteiger partial charge >= 0.3 is 5.97 Å². The van der Waals surface area contributed by atoms with Gasteiger partial charge in [0.05, 0.1) is 5.92 Å². The molecule has 0 saturated heterocycles. The Morgan fingerprint density at radius 3 is 2.00 bits per heavy atom. The molecule has 4 heteroatoms. The Morgan fingerprint density at radius 2 is 1.65 bits per heavy atom. The second kappa shape index (κ2) is 8.09. The van der Waals surface area contributed by atoms with Crippen molar-refractivity contribution < 1.29 is 14.7 Å². The molecule has 1 unspecified atom stereocenters. The van der Waals surface area contributed by atoms with Gasteiger partial charge < -0.3 is 10.0 Å². The predicted molar refractivity (Wildman–Crippen MR) is 67.7 cm³/mol. The van der Waals surface area contributed by atoms with Crippen molar-refractivity contribution in [3.63, 3.8) is 0 Å². The van der Waals surface area contributed by atoms with Gasteiger partial charge in [-0.2, -0.15) is 0 Å². The van der Waals surface area contributed by atoms with E-state index in [0.717, 1.165) is 25.7 Å². The minimum Gasteiger partial charge on any atom is -0.481 e. The highest BCUT2D eigenvalue weighted by atomic mass is 16.4. The molecule has 1 amide bonds. The van der Waals surface area contributed by atoms with Crippen molar-refractivity contribution in [2.24, 2.45) is 11.8 Å². The van der Waals surface area contributed by atoms with Gasteiger partial charge in [-0.1, -0.05) is 33.6 Å². The first-order valence-corrected chi connectivity index (χ1v) is 6.41. The standard InChI is InChI=1S/C13H25NO3/c1-5-7-11(8-6-2)12(15)14(4)9-10(3)13(16)17/h10-11H,5-9H2,1-4H3,(H,16,17). The summed E-state index contributed by atoms with van der Waals surface area (Å²) in [6.45, 7) is 6.05. The van der Waals surface area contributed by atoms with Gasteiger partial charge in [0, 0.05) is 19.5 Å². The number of hydrogen-bond acceptors (Lipinski definition) is 2. The number of rotatable bonds is 8. The molecule has 0 spiro atoms. The van der Waals surface area contributed by atoms with Crippen LogP contribution in [0.4, 0.5) is 0 Å². The molecular weight excluding hydrogens is 218 g/mol. The van der Waals surface area contributed by atoms with E-state index in [0.29, 0.717) is 0 Å². The Morgan fingerprint density at radius 1 is 1.18 bits per heavy atom. The van der Waals surface area contributed by atoms with Crippen LogP contribution < -0.4 is 0 Å². The highest BCUT2D eigenvalue weighted by molar-refractivity contribution is 5.79. The molecule has 1 N–H and O–H groups in total. The van der Waals surface area contributed by atoms with Crippen LogP contribution >= 0.6 is 0 Å². The van der Waals surface area contributed by atoms with E-state index in [9.17, 15) is 9.59 Å². The number of carboxylic acids is 1. The highest BCUT2D eigenvalue weighted by Gasteiger charge is 2.23. The zero-order chi connectivity index (χ0) is 13.4. The molecule has 0 saturated carbocycles. The summed E-state index contributed by atoms with van der Waals surface area (Å²) in [5.74, 6) is -1.22. The molecule has 0 aliphatic carbocycles. The summed E-state index contributed by atoms with van der Waals surface area (Å²) in [4.78, 5) is 24.4. The molecule has 0 heterocycles. The maximum Gasteiger partial charge on any atom is 0.308 e. The van der Waals surface area contributed by atoms with Gasteiger partial charge in [-0.25, -0.2) is 0 Å². The normalized spacial score (nSPS) is 12.5. The molecule has 0 fully saturated rings. The molecule has 0 aromatic rings. The Balaban J connectivity index is 4.38. The van der Waals surface area contributed by atoms with Gasteiger partial charge in [-0.05, 0) is 12.8 Å². The summed E-state index contributed by atoms with van der Waals surface area (Å²) in [6.07, 6.45) is 3.74. The van der Waals surface area contributed by atoms with Crippen molar-refractivity contribution in [3.05, 3.63) is 0 Å². The molecule has 0 aliphatic heterocycles. The molecule has 0 aromatic heterocycles. The number of carboxylic acid groups (broad SMARTS) is 1. The Labute approximate surface area is 104 Å². The molecular formula is C13H25NO3. The van der Waals surface area contributed by atoms with Gasteiger partial charge in [0.25, 0.3) is 0 Å². The molecule has 0 aromatic carbocycles. The van der Waals surface area contributed by atoms with Gasteiger partial charge in [-0.3, -0.25) is 9.59 Å². The van der Waals surface area contributed by atoms with E-state index in [-0.39, 0.29) is 18.4 Å². The quantitative estimate of drug-likeness (QED) is 0.712. The lowest BCUT2D eigenvalue weighted by Gasteiger charge is -2.24. The van der Waals surface area contributed by atoms with E-state index >= 15 is 0 Å². The number of carbonyl (C=O) groups excluding carboxylic acids is 1. The van der Waals surface area contributed by atoms with Crippen LogP contribution in [0, 0.1) is 11.8 Å². The largest absolute Gasteiger partial charge is 0.481 e. The van der Waals surface area contributed by atoms with Gasteiger partial charge in [0.2, 0.25) is 5.91 Å². The Hall–Kier alpha value is -1.06. The SMILES string of the molecule is CCCC(CCC)C(=O)N(C)CC(C)C(=O)O. The summed E-state index contributed by atoms with van der Waals surface area (Å²) in [6, 6.07) is 0. The van der Waals surface area contributed by atoms with E-state index in [1.165, 1.54) is 0 Å². The number of nitrogens with zero attached hydrogens (tertiary/aromatic N) is 1. The van der Waals surface area contributed by atoms with Crippen molar-refractivity contribution in [3.8, 4) is 0 Å². The maximum absolute atomic E-state index is 12.1. The summed E-state index contributed by atoms with van der Waals surface area (Å²) in [5.41, 5.74) is 0. The lowest BCUT2D eigenvalue weighted by Crippen LogP contribution is -2.37. The maximum atomic E-state index is 12.1. The second-order valence-electron chi connectivity index (χ2n) is 4.73. The molecule has 0 aliphatic rings. The van der Waals surface area contributed by atoms with Crippen LogP contribution in [0.25, 0.3) is 0 Å². The van der Waals surface area contributed by atoms with E-state index in [1.54, 1.807) is 18.9 Å². The zero-order valence-electron chi connectivity index (χ0n) is 11.4. The van der Waals surface area contributed by atoms with Crippen molar-refractivity contribution in [2.45, 2.75) is 46.5 Å². The van der Waals surface area contributed by atoms with Gasteiger partial charge in [0.1, 0.15) is 0 Å². The second-order valence-corrected chi connectivity index (χ2v) is 4.73. The lowest BCUT2D eigenvalue weighted by atomic mass is 9.96. The fraction of sp³-hybridized carbons (Fsp3) is 0.846. The first-order chi connectivity index (χ1) is 7.93. The summed E-state index contributed by atoms with van der Waals surface area (Å²) in [7, 11) is 1.69. The lowest BCUT2D eigenvalue weighted by molar-refractivity contribution is -0.143. The first-order valence-electron chi connectivity index (χ1n) is 6.41. The molecule has 0 radical (unpaired) electrons. The smallest absolute Gasteiger partial charge is 0.308 e. The average molecular weight is 243 g/mol. The molecule has 0 bridgehead atoms. The van der Waals surface area contributed by atoms with Gasteiger partial charge in [-0.15, -0.1) is 0 Å². The van der Waals surface area contributed by atoms with E-state index < -0.39 is 11.9 Å². The monoisotopic (exact) mass is 243 g/mol. The number of hydrogen-bond donors (Lipinski definition) is 1. The van der Waals surface area contributed by atoms with Crippen LogP contribution in [-0.2, 0) is 9.59 Å². The number of amides is 1. The topological polar surface area (TPSA) is 57.6 Å². The van der Waals surface area contributed by atoms with E-state index in [2.05, 4.69) is 13.8 Å². The van der Waals surface area contributed by atoms with Crippen molar-refractivity contribution in [1.29, 1.82) is 0 Å². The highest BCUT2D eigenvalue weighted by Crippen LogP contribution is 2.16. The van der Waals surface area contributed by atoms with Crippen LogP contribution in [0.5, 0.6) is 0 Å². The third kappa shape index (κ3) is 5.71. The van der Waals surface area contributed by atoms with Crippen molar-refractivity contribution in [1.82, 2.24) is 4.90 Å². The third-order valence-electron chi connectivity index (χ3n) is 2.97. The summed E-state index contributed by atoms with van der Waals surface area (Å²) >= 11 is 0. The Kier molecular flexibility index (Phi) is 7.59. The summed E-state index contributed by atoms with van der Waals surface area (Å²) < 4.78 is 0. The number of carbonyl (C=O) groups is 2. The van der Waals surface area contributed by atoms with Crippen LogP contribution in [0.1, 0.15) is 46.5 Å². The Bertz CT molecular complexity index is 247. The van der Waals surface area contributed by atoms with Gasteiger partial charge in [0.15, 0.2) is 0 Å². The van der Waals surface area contributed by atoms with E-state index in [1.807, 2.05) is 0 Å². The van der Waals surface area contributed by atoms with E-state index in [4.69, 9.17) is 5.11 Å². The van der Waals surface area contributed by atoms with Crippen LogP contribution in [0.3, 0.4) is 0 Å². The van der Waals surface area contributed by atoms with Crippen molar-refractivity contribution in [2.75, 3.05) is 13.6 Å². The summed E-state index contributed by atoms with van der Waals surface area (Å²) in [5, 5.41) is 8.82. The molecule has 17 heavy (non-hydrogen) atoms. The molecule has 100 valence electrons.